The highest BCUT2D eigenvalue weighted by atomic mass is 16.6. The second kappa shape index (κ2) is 5.41. The molecule has 1 N–H and O–H groups in total. The van der Waals surface area contributed by atoms with E-state index in [-0.39, 0.29) is 17.9 Å². The molecular formula is C9H9N5O3. The summed E-state index contributed by atoms with van der Waals surface area (Å²) in [6.07, 6.45) is 3.81. The number of hydrogen-bond acceptors (Lipinski definition) is 5. The number of carbonyl (C=O) groups is 1. The zero-order valence-electron chi connectivity index (χ0n) is 8.95. The standard InChI is InChI=1S/C9H9N5O3/c1-13-6-7(9(12-13)14(16)17)2-3-8(15)11-5-4-10/h2-3,6H,5H2,1H3,(H,11,15). The summed E-state index contributed by atoms with van der Waals surface area (Å²) >= 11 is 0. The van der Waals surface area contributed by atoms with Gasteiger partial charge < -0.3 is 15.4 Å². The molecule has 0 aliphatic carbocycles. The predicted octanol–water partition coefficient (Wildman–Crippen LogP) is -0.0187. The van der Waals surface area contributed by atoms with Crippen LogP contribution in [0.5, 0.6) is 0 Å². The van der Waals surface area contributed by atoms with Crippen LogP contribution in [-0.2, 0) is 11.8 Å². The Morgan fingerprint density at radius 1 is 1.82 bits per heavy atom. The third-order valence-electron chi connectivity index (χ3n) is 1.77. The summed E-state index contributed by atoms with van der Waals surface area (Å²) in [5.74, 6) is -0.818. The van der Waals surface area contributed by atoms with E-state index in [9.17, 15) is 14.9 Å². The van der Waals surface area contributed by atoms with Crippen molar-refractivity contribution in [2.75, 3.05) is 6.54 Å². The molecule has 8 nitrogen and oxygen atoms in total. The van der Waals surface area contributed by atoms with Crippen LogP contribution in [0.15, 0.2) is 12.3 Å². The minimum atomic E-state index is -0.632. The van der Waals surface area contributed by atoms with Gasteiger partial charge in [0, 0.05) is 6.08 Å². The molecule has 0 radical (unpaired) electrons. The van der Waals surface area contributed by atoms with Gasteiger partial charge in [-0.25, -0.2) is 0 Å². The van der Waals surface area contributed by atoms with Gasteiger partial charge in [0.1, 0.15) is 6.54 Å². The summed E-state index contributed by atoms with van der Waals surface area (Å²) in [4.78, 5) is 21.1. The Morgan fingerprint density at radius 2 is 2.53 bits per heavy atom. The van der Waals surface area contributed by atoms with Gasteiger partial charge >= 0.3 is 5.82 Å². The maximum Gasteiger partial charge on any atom is 0.397 e. The largest absolute Gasteiger partial charge is 0.397 e. The molecule has 0 spiro atoms. The number of carbonyl (C=O) groups excluding carboxylic acids is 1. The van der Waals surface area contributed by atoms with Crippen molar-refractivity contribution in [1.29, 1.82) is 5.26 Å². The van der Waals surface area contributed by atoms with Gasteiger partial charge in [0.05, 0.1) is 30.0 Å². The fraction of sp³-hybridized carbons (Fsp3) is 0.222. The highest BCUT2D eigenvalue weighted by molar-refractivity contribution is 5.92. The van der Waals surface area contributed by atoms with E-state index in [2.05, 4.69) is 10.4 Å². The van der Waals surface area contributed by atoms with Crippen molar-refractivity contribution < 1.29 is 9.72 Å². The molecule has 0 saturated carbocycles. The Kier molecular flexibility index (Phi) is 3.94. The van der Waals surface area contributed by atoms with Gasteiger partial charge in [-0.3, -0.25) is 4.79 Å². The maximum absolute atomic E-state index is 11.1. The Bertz CT molecular complexity index is 511. The van der Waals surface area contributed by atoms with Crippen LogP contribution in [0.3, 0.4) is 0 Å². The van der Waals surface area contributed by atoms with E-state index in [1.54, 1.807) is 13.1 Å². The molecule has 0 aliphatic rings. The number of nitriles is 1. The SMILES string of the molecule is Cn1cc(C=CC(=O)NCC#N)c([N+](=O)[O-])n1. The topological polar surface area (TPSA) is 114 Å². The van der Waals surface area contributed by atoms with Crippen LogP contribution in [0.2, 0.25) is 0 Å². The Hall–Kier alpha value is -2.69. The van der Waals surface area contributed by atoms with Crippen LogP contribution < -0.4 is 5.32 Å². The molecule has 1 rings (SSSR count). The van der Waals surface area contributed by atoms with Crippen molar-refractivity contribution >= 4 is 17.8 Å². The van der Waals surface area contributed by atoms with Crippen molar-refractivity contribution in [3.05, 3.63) is 28.0 Å². The fourth-order valence-corrected chi connectivity index (χ4v) is 1.11. The summed E-state index contributed by atoms with van der Waals surface area (Å²) in [6.45, 7) is -0.113. The van der Waals surface area contributed by atoms with Gasteiger partial charge in [-0.2, -0.15) is 9.94 Å². The van der Waals surface area contributed by atoms with Gasteiger partial charge in [0.2, 0.25) is 5.91 Å². The second-order valence-corrected chi connectivity index (χ2v) is 3.05. The summed E-state index contributed by atoms with van der Waals surface area (Å²) < 4.78 is 1.28. The van der Waals surface area contributed by atoms with E-state index in [0.29, 0.717) is 0 Å². The summed E-state index contributed by atoms with van der Waals surface area (Å²) in [7, 11) is 1.54. The molecule has 88 valence electrons. The summed E-state index contributed by atoms with van der Waals surface area (Å²) in [6, 6.07) is 1.74. The van der Waals surface area contributed by atoms with Gasteiger partial charge in [-0.15, -0.1) is 0 Å². The molecule has 0 aliphatic heterocycles. The Labute approximate surface area is 96.3 Å². The lowest BCUT2D eigenvalue weighted by Crippen LogP contribution is -2.20. The van der Waals surface area contributed by atoms with Crippen LogP contribution in [0.25, 0.3) is 6.08 Å². The molecule has 17 heavy (non-hydrogen) atoms. The molecule has 0 unspecified atom stereocenters. The van der Waals surface area contributed by atoms with Crippen LogP contribution in [0.4, 0.5) is 5.82 Å². The van der Waals surface area contributed by atoms with Gasteiger partial charge in [-0.05, 0) is 11.0 Å². The minimum absolute atomic E-state index is 0.113. The highest BCUT2D eigenvalue weighted by Crippen LogP contribution is 2.16. The first kappa shape index (κ1) is 12.4. The van der Waals surface area contributed by atoms with E-state index in [1.165, 1.54) is 17.0 Å². The average molecular weight is 235 g/mol. The molecule has 1 heterocycles. The van der Waals surface area contributed by atoms with Gasteiger partial charge in [-0.1, -0.05) is 0 Å². The van der Waals surface area contributed by atoms with Crippen molar-refractivity contribution in [2.24, 2.45) is 7.05 Å². The van der Waals surface area contributed by atoms with Gasteiger partial charge in [0.15, 0.2) is 0 Å². The molecule has 1 aromatic rings. The third kappa shape index (κ3) is 3.42. The van der Waals surface area contributed by atoms with Crippen molar-refractivity contribution in [2.45, 2.75) is 0 Å². The van der Waals surface area contributed by atoms with Gasteiger partial charge in [0.25, 0.3) is 0 Å². The lowest BCUT2D eigenvalue weighted by molar-refractivity contribution is -0.390. The van der Waals surface area contributed by atoms with Crippen molar-refractivity contribution in [1.82, 2.24) is 15.1 Å². The third-order valence-corrected chi connectivity index (χ3v) is 1.77. The zero-order valence-corrected chi connectivity index (χ0v) is 8.95. The normalized spacial score (nSPS) is 10.1. The average Bonchev–Trinajstić information content (AvgIpc) is 2.65. The zero-order chi connectivity index (χ0) is 12.8. The number of amides is 1. The maximum atomic E-state index is 11.1. The number of nitro groups is 1. The molecule has 0 saturated heterocycles. The highest BCUT2D eigenvalue weighted by Gasteiger charge is 2.16. The van der Waals surface area contributed by atoms with Crippen molar-refractivity contribution in [3.63, 3.8) is 0 Å². The van der Waals surface area contributed by atoms with Crippen LogP contribution in [-0.4, -0.2) is 27.2 Å². The molecule has 1 aromatic heterocycles. The lowest BCUT2D eigenvalue weighted by Gasteiger charge is -1.92. The van der Waals surface area contributed by atoms with E-state index >= 15 is 0 Å². The van der Waals surface area contributed by atoms with E-state index in [4.69, 9.17) is 5.26 Å². The minimum Gasteiger partial charge on any atom is -0.358 e. The molecule has 0 bridgehead atoms. The number of rotatable bonds is 4. The van der Waals surface area contributed by atoms with E-state index < -0.39 is 10.8 Å². The van der Waals surface area contributed by atoms with Crippen LogP contribution in [0.1, 0.15) is 5.56 Å². The number of nitrogens with one attached hydrogen (secondary N) is 1. The molecule has 1 amide bonds. The van der Waals surface area contributed by atoms with Crippen LogP contribution in [0, 0.1) is 21.4 Å². The monoisotopic (exact) mass is 235 g/mol. The Balaban J connectivity index is 2.81. The lowest BCUT2D eigenvalue weighted by atomic mass is 10.3. The molecule has 0 fully saturated rings. The number of aryl methyl sites for hydroxylation is 1. The first-order valence-electron chi connectivity index (χ1n) is 4.55. The first-order chi connectivity index (χ1) is 8.04. The fourth-order valence-electron chi connectivity index (χ4n) is 1.11. The predicted molar refractivity (Wildman–Crippen MR) is 57.5 cm³/mol. The molecule has 0 aromatic carbocycles. The van der Waals surface area contributed by atoms with E-state index in [0.717, 1.165) is 6.08 Å². The number of hydrogen-bond donors (Lipinski definition) is 1. The quantitative estimate of drug-likeness (QED) is 0.341. The number of aromatic nitrogens is 2. The number of nitrogens with zero attached hydrogens (tertiary/aromatic N) is 4. The summed E-state index contributed by atoms with van der Waals surface area (Å²) in [5.41, 5.74) is 0.226. The Morgan fingerprint density at radius 3 is 3.12 bits per heavy atom. The second-order valence-electron chi connectivity index (χ2n) is 3.05. The first-order valence-corrected chi connectivity index (χ1v) is 4.55. The van der Waals surface area contributed by atoms with Crippen LogP contribution >= 0.6 is 0 Å². The molecule has 8 heteroatoms. The molecular weight excluding hydrogens is 226 g/mol. The van der Waals surface area contributed by atoms with E-state index in [1.807, 2.05) is 0 Å². The smallest absolute Gasteiger partial charge is 0.358 e. The summed E-state index contributed by atoms with van der Waals surface area (Å²) in [5, 5.41) is 24.7. The van der Waals surface area contributed by atoms with Crippen molar-refractivity contribution in [3.8, 4) is 6.07 Å². The molecule has 0 atom stereocenters.